The molecule has 0 fully saturated rings. The van der Waals surface area contributed by atoms with Crippen molar-refractivity contribution in [1.82, 2.24) is 4.98 Å². The van der Waals surface area contributed by atoms with E-state index in [1.165, 1.54) is 6.92 Å². The maximum absolute atomic E-state index is 14.0. The number of benzene rings is 1. The van der Waals surface area contributed by atoms with Crippen molar-refractivity contribution in [2.24, 2.45) is 0 Å². The Kier molecular flexibility index (Phi) is 4.53. The number of rotatable bonds is 3. The SMILES string of the molecule is Cc1cc(F)c(-c2c(F)cc(OCC(F)(F)F)cc2F)nc1C. The first-order chi connectivity index (χ1) is 10.6. The molecule has 0 amide bonds. The highest BCUT2D eigenvalue weighted by Gasteiger charge is 2.29. The van der Waals surface area contributed by atoms with Gasteiger partial charge < -0.3 is 4.74 Å². The molecule has 2 nitrogen and oxygen atoms in total. The van der Waals surface area contributed by atoms with Crippen LogP contribution in [-0.2, 0) is 0 Å². The van der Waals surface area contributed by atoms with E-state index in [-0.39, 0.29) is 0 Å². The second-order valence-electron chi connectivity index (χ2n) is 4.89. The number of halogens is 6. The topological polar surface area (TPSA) is 22.1 Å². The molecule has 0 saturated carbocycles. The molecule has 0 aliphatic rings. The van der Waals surface area contributed by atoms with Crippen molar-refractivity contribution in [1.29, 1.82) is 0 Å². The average molecular weight is 335 g/mol. The molecule has 0 bridgehead atoms. The second-order valence-corrected chi connectivity index (χ2v) is 4.89. The molecular formula is C15H11F6NO. The van der Waals surface area contributed by atoms with Crippen molar-refractivity contribution in [2.75, 3.05) is 6.61 Å². The Labute approximate surface area is 127 Å². The molecule has 2 rings (SSSR count). The Hall–Kier alpha value is -2.25. The Balaban J connectivity index is 2.44. The zero-order valence-electron chi connectivity index (χ0n) is 12.1. The maximum atomic E-state index is 14.0. The largest absolute Gasteiger partial charge is 0.484 e. The summed E-state index contributed by atoms with van der Waals surface area (Å²) in [6, 6.07) is 2.19. The predicted octanol–water partition coefficient (Wildman–Crippen LogP) is 4.72. The standard InChI is InChI=1S/C15H11F6NO/c1-7-3-12(18)14(22-8(7)2)13-10(16)4-9(5-11(13)17)23-6-15(19,20)21/h3-5H,6H2,1-2H3. The molecule has 0 saturated heterocycles. The first-order valence-corrected chi connectivity index (χ1v) is 6.41. The van der Waals surface area contributed by atoms with Crippen LogP contribution in [-0.4, -0.2) is 17.8 Å². The van der Waals surface area contributed by atoms with Crippen LogP contribution in [0.5, 0.6) is 5.75 Å². The van der Waals surface area contributed by atoms with Gasteiger partial charge in [0.2, 0.25) is 0 Å². The van der Waals surface area contributed by atoms with E-state index in [0.29, 0.717) is 23.4 Å². The summed E-state index contributed by atoms with van der Waals surface area (Å²) < 4.78 is 82.4. The van der Waals surface area contributed by atoms with E-state index in [2.05, 4.69) is 9.72 Å². The summed E-state index contributed by atoms with van der Waals surface area (Å²) in [6.45, 7) is 1.42. The van der Waals surface area contributed by atoms with Gasteiger partial charge in [-0.05, 0) is 25.5 Å². The number of aryl methyl sites for hydroxylation is 2. The van der Waals surface area contributed by atoms with Crippen LogP contribution in [0.15, 0.2) is 18.2 Å². The van der Waals surface area contributed by atoms with Crippen LogP contribution < -0.4 is 4.74 Å². The maximum Gasteiger partial charge on any atom is 0.422 e. The number of pyridine rings is 1. The molecule has 0 atom stereocenters. The van der Waals surface area contributed by atoms with Crippen LogP contribution in [0.4, 0.5) is 26.3 Å². The van der Waals surface area contributed by atoms with Gasteiger partial charge in [0.05, 0.1) is 5.56 Å². The smallest absolute Gasteiger partial charge is 0.422 e. The zero-order chi connectivity index (χ0) is 17.4. The molecule has 1 aromatic carbocycles. The fourth-order valence-corrected chi connectivity index (χ4v) is 1.87. The van der Waals surface area contributed by atoms with Crippen molar-refractivity contribution in [3.63, 3.8) is 0 Å². The molecule has 0 unspecified atom stereocenters. The van der Waals surface area contributed by atoms with Gasteiger partial charge in [0.25, 0.3) is 0 Å². The van der Waals surface area contributed by atoms with E-state index in [1.807, 2.05) is 0 Å². The lowest BCUT2D eigenvalue weighted by molar-refractivity contribution is -0.153. The monoisotopic (exact) mass is 335 g/mol. The van der Waals surface area contributed by atoms with E-state index in [1.54, 1.807) is 6.92 Å². The van der Waals surface area contributed by atoms with Crippen molar-refractivity contribution in [3.8, 4) is 17.0 Å². The summed E-state index contributed by atoms with van der Waals surface area (Å²) in [5, 5.41) is 0. The lowest BCUT2D eigenvalue weighted by Gasteiger charge is -2.12. The molecule has 1 aromatic heterocycles. The molecule has 23 heavy (non-hydrogen) atoms. The number of ether oxygens (including phenoxy) is 1. The Morgan fingerprint density at radius 3 is 2.04 bits per heavy atom. The molecule has 0 aliphatic carbocycles. The molecule has 0 N–H and O–H groups in total. The number of aromatic nitrogens is 1. The van der Waals surface area contributed by atoms with Crippen molar-refractivity contribution in [3.05, 3.63) is 46.9 Å². The van der Waals surface area contributed by atoms with Crippen molar-refractivity contribution >= 4 is 0 Å². The number of alkyl halides is 3. The van der Waals surface area contributed by atoms with Crippen LogP contribution in [0.3, 0.4) is 0 Å². The van der Waals surface area contributed by atoms with E-state index >= 15 is 0 Å². The third kappa shape index (κ3) is 3.94. The first-order valence-electron chi connectivity index (χ1n) is 6.41. The normalized spacial score (nSPS) is 11.7. The van der Waals surface area contributed by atoms with Crippen LogP contribution >= 0.6 is 0 Å². The molecule has 0 aliphatic heterocycles. The summed E-state index contributed by atoms with van der Waals surface area (Å²) in [5.41, 5.74) is -0.440. The molecule has 0 radical (unpaired) electrons. The Bertz CT molecular complexity index is 718. The third-order valence-corrected chi connectivity index (χ3v) is 3.07. The summed E-state index contributed by atoms with van der Waals surface area (Å²) >= 11 is 0. The van der Waals surface area contributed by atoms with Crippen molar-refractivity contribution < 1.29 is 31.1 Å². The minimum Gasteiger partial charge on any atom is -0.484 e. The molecule has 8 heteroatoms. The van der Waals surface area contributed by atoms with Gasteiger partial charge in [0, 0.05) is 17.8 Å². The van der Waals surface area contributed by atoms with Gasteiger partial charge in [-0.3, -0.25) is 0 Å². The zero-order valence-corrected chi connectivity index (χ0v) is 12.1. The third-order valence-electron chi connectivity index (χ3n) is 3.07. The fourth-order valence-electron chi connectivity index (χ4n) is 1.87. The van der Waals surface area contributed by atoms with Crippen LogP contribution in [0.1, 0.15) is 11.3 Å². The van der Waals surface area contributed by atoms with Gasteiger partial charge in [-0.2, -0.15) is 13.2 Å². The first kappa shape index (κ1) is 17.1. The van der Waals surface area contributed by atoms with Crippen LogP contribution in [0.2, 0.25) is 0 Å². The van der Waals surface area contributed by atoms with Gasteiger partial charge >= 0.3 is 6.18 Å². The number of nitrogens with zero attached hydrogens (tertiary/aromatic N) is 1. The van der Waals surface area contributed by atoms with E-state index < -0.39 is 47.2 Å². The predicted molar refractivity (Wildman–Crippen MR) is 70.6 cm³/mol. The minimum absolute atomic E-state index is 0.373. The molecule has 1 heterocycles. The number of hydrogen-bond donors (Lipinski definition) is 0. The van der Waals surface area contributed by atoms with Gasteiger partial charge in [-0.15, -0.1) is 0 Å². The highest BCUT2D eigenvalue weighted by Crippen LogP contribution is 2.31. The van der Waals surface area contributed by atoms with Gasteiger partial charge in [0.15, 0.2) is 6.61 Å². The molecular weight excluding hydrogens is 324 g/mol. The number of hydrogen-bond acceptors (Lipinski definition) is 2. The average Bonchev–Trinajstić information content (AvgIpc) is 2.40. The summed E-state index contributed by atoms with van der Waals surface area (Å²) in [6.07, 6.45) is -4.65. The Morgan fingerprint density at radius 2 is 1.52 bits per heavy atom. The van der Waals surface area contributed by atoms with Crippen LogP contribution in [0.25, 0.3) is 11.3 Å². The quantitative estimate of drug-likeness (QED) is 0.757. The Morgan fingerprint density at radius 1 is 0.957 bits per heavy atom. The summed E-state index contributed by atoms with van der Waals surface area (Å²) in [4.78, 5) is 3.80. The molecule has 0 spiro atoms. The van der Waals surface area contributed by atoms with Gasteiger partial charge in [-0.1, -0.05) is 0 Å². The van der Waals surface area contributed by atoms with Crippen molar-refractivity contribution in [2.45, 2.75) is 20.0 Å². The lowest BCUT2D eigenvalue weighted by Crippen LogP contribution is -2.19. The highest BCUT2D eigenvalue weighted by atomic mass is 19.4. The second kappa shape index (κ2) is 6.10. The fraction of sp³-hybridized carbons (Fsp3) is 0.267. The van der Waals surface area contributed by atoms with Crippen LogP contribution in [0, 0.1) is 31.3 Å². The molecule has 2 aromatic rings. The summed E-state index contributed by atoms with van der Waals surface area (Å²) in [7, 11) is 0. The van der Waals surface area contributed by atoms with E-state index in [4.69, 9.17) is 0 Å². The summed E-state index contributed by atoms with van der Waals surface area (Å²) in [5.74, 6) is -4.12. The van der Waals surface area contributed by atoms with E-state index in [0.717, 1.165) is 6.07 Å². The van der Waals surface area contributed by atoms with E-state index in [9.17, 15) is 26.3 Å². The minimum atomic E-state index is -4.65. The highest BCUT2D eigenvalue weighted by molar-refractivity contribution is 5.63. The lowest BCUT2D eigenvalue weighted by atomic mass is 10.1. The van der Waals surface area contributed by atoms with Gasteiger partial charge in [-0.25, -0.2) is 18.2 Å². The van der Waals surface area contributed by atoms with Gasteiger partial charge in [0.1, 0.15) is 28.9 Å². The molecule has 124 valence electrons.